The van der Waals surface area contributed by atoms with Crippen LogP contribution >= 0.6 is 0 Å². The highest BCUT2D eigenvalue weighted by molar-refractivity contribution is 5.80. The molecular weight excluding hydrogens is 230 g/mol. The number of carboxylic acid groups (broad SMARTS) is 1. The fraction of sp³-hybridized carbons (Fsp3) is 0.857. The first kappa shape index (κ1) is 17.1. The number of carbonyl (C=O) groups excluding carboxylic acids is 1. The Hall–Kier alpha value is -0.900. The first-order valence-electron chi connectivity index (χ1n) is 6.86. The molecule has 2 N–H and O–H groups in total. The van der Waals surface area contributed by atoms with Crippen LogP contribution in [0.1, 0.15) is 59.8 Å². The summed E-state index contributed by atoms with van der Waals surface area (Å²) in [5.41, 5.74) is 0. The summed E-state index contributed by atoms with van der Waals surface area (Å²) in [7, 11) is 0. The zero-order chi connectivity index (χ0) is 14.1. The predicted octanol–water partition coefficient (Wildman–Crippen LogP) is 2.61. The monoisotopic (exact) mass is 257 g/mol. The van der Waals surface area contributed by atoms with E-state index < -0.39 is 12.0 Å². The second kappa shape index (κ2) is 9.09. The molecule has 1 atom stereocenters. The minimum atomic E-state index is -0.790. The van der Waals surface area contributed by atoms with Crippen LogP contribution in [0.2, 0.25) is 0 Å². The third kappa shape index (κ3) is 8.23. The molecule has 0 aliphatic heterocycles. The van der Waals surface area contributed by atoms with Crippen molar-refractivity contribution in [2.24, 2.45) is 5.92 Å². The standard InChI is InChI=1S/C14H27NO3/c1-10(2)13(16)9-7-5-6-8-12(14(17)18)15-11(3)4/h10-12,15H,5-9H2,1-4H3,(H,17,18)/t12-/m0/s1. The first-order chi connectivity index (χ1) is 8.34. The van der Waals surface area contributed by atoms with Crippen molar-refractivity contribution in [2.45, 2.75) is 71.9 Å². The van der Waals surface area contributed by atoms with Crippen molar-refractivity contribution in [1.29, 1.82) is 0 Å². The van der Waals surface area contributed by atoms with Gasteiger partial charge in [0.2, 0.25) is 0 Å². The molecule has 0 rings (SSSR count). The number of hydrogen-bond donors (Lipinski definition) is 2. The van der Waals surface area contributed by atoms with Gasteiger partial charge in [0.1, 0.15) is 11.8 Å². The van der Waals surface area contributed by atoms with Gasteiger partial charge in [-0.1, -0.05) is 40.5 Å². The molecule has 106 valence electrons. The van der Waals surface area contributed by atoms with Crippen LogP contribution in [0.15, 0.2) is 0 Å². The van der Waals surface area contributed by atoms with Crippen molar-refractivity contribution >= 4 is 11.8 Å². The molecule has 0 bridgehead atoms. The maximum atomic E-state index is 11.4. The number of unbranched alkanes of at least 4 members (excludes halogenated alkanes) is 2. The number of Topliss-reactive ketones (excluding diaryl/α,β-unsaturated/α-hetero) is 1. The lowest BCUT2D eigenvalue weighted by Gasteiger charge is -2.16. The molecule has 0 aromatic rings. The quantitative estimate of drug-likeness (QED) is 0.590. The Morgan fingerprint density at radius 3 is 2.11 bits per heavy atom. The summed E-state index contributed by atoms with van der Waals surface area (Å²) < 4.78 is 0. The smallest absolute Gasteiger partial charge is 0.320 e. The van der Waals surface area contributed by atoms with Crippen molar-refractivity contribution < 1.29 is 14.7 Å². The normalized spacial score (nSPS) is 13.0. The van der Waals surface area contributed by atoms with E-state index in [0.29, 0.717) is 18.6 Å². The number of rotatable bonds is 10. The summed E-state index contributed by atoms with van der Waals surface area (Å²) >= 11 is 0. The van der Waals surface area contributed by atoms with E-state index in [1.807, 2.05) is 27.7 Å². The van der Waals surface area contributed by atoms with Gasteiger partial charge in [0, 0.05) is 18.4 Å². The SMILES string of the molecule is CC(C)N[C@@H](CCCCCC(=O)C(C)C)C(=O)O. The van der Waals surface area contributed by atoms with Gasteiger partial charge >= 0.3 is 5.97 Å². The average molecular weight is 257 g/mol. The zero-order valence-electron chi connectivity index (χ0n) is 12.0. The summed E-state index contributed by atoms with van der Waals surface area (Å²) in [5.74, 6) is -0.383. The molecule has 0 aliphatic rings. The molecule has 0 heterocycles. The zero-order valence-corrected chi connectivity index (χ0v) is 12.0. The Morgan fingerprint density at radius 2 is 1.67 bits per heavy atom. The van der Waals surface area contributed by atoms with Crippen LogP contribution in [0.4, 0.5) is 0 Å². The van der Waals surface area contributed by atoms with Crippen molar-refractivity contribution in [2.75, 3.05) is 0 Å². The van der Waals surface area contributed by atoms with E-state index in [2.05, 4.69) is 5.32 Å². The Balaban J connectivity index is 3.74. The maximum Gasteiger partial charge on any atom is 0.320 e. The van der Waals surface area contributed by atoms with E-state index in [4.69, 9.17) is 5.11 Å². The average Bonchev–Trinajstić information content (AvgIpc) is 2.25. The lowest BCUT2D eigenvalue weighted by atomic mass is 10.0. The number of nitrogens with one attached hydrogen (secondary N) is 1. The van der Waals surface area contributed by atoms with E-state index in [9.17, 15) is 9.59 Å². The van der Waals surface area contributed by atoms with Gasteiger partial charge in [-0.25, -0.2) is 0 Å². The lowest BCUT2D eigenvalue weighted by molar-refractivity contribution is -0.139. The van der Waals surface area contributed by atoms with Crippen molar-refractivity contribution in [1.82, 2.24) is 5.32 Å². The predicted molar refractivity (Wildman–Crippen MR) is 72.6 cm³/mol. The summed E-state index contributed by atoms with van der Waals surface area (Å²) in [6.07, 6.45) is 3.88. The Labute approximate surface area is 110 Å². The highest BCUT2D eigenvalue weighted by atomic mass is 16.4. The van der Waals surface area contributed by atoms with Crippen molar-refractivity contribution in [3.63, 3.8) is 0 Å². The number of ketones is 1. The maximum absolute atomic E-state index is 11.4. The molecule has 0 fully saturated rings. The number of carbonyl (C=O) groups is 2. The molecule has 0 unspecified atom stereocenters. The van der Waals surface area contributed by atoms with E-state index in [0.717, 1.165) is 19.3 Å². The number of aliphatic carboxylic acids is 1. The topological polar surface area (TPSA) is 66.4 Å². The minimum absolute atomic E-state index is 0.111. The number of carboxylic acids is 1. The third-order valence-electron chi connectivity index (χ3n) is 2.89. The second-order valence-corrected chi connectivity index (χ2v) is 5.43. The van der Waals surface area contributed by atoms with Gasteiger partial charge in [-0.3, -0.25) is 9.59 Å². The van der Waals surface area contributed by atoms with E-state index in [1.54, 1.807) is 0 Å². The minimum Gasteiger partial charge on any atom is -0.480 e. The molecule has 0 spiro atoms. The second-order valence-electron chi connectivity index (χ2n) is 5.43. The molecule has 4 heteroatoms. The van der Waals surface area contributed by atoms with Crippen LogP contribution in [0.5, 0.6) is 0 Å². The van der Waals surface area contributed by atoms with Gasteiger partial charge in [-0.2, -0.15) is 0 Å². The largest absolute Gasteiger partial charge is 0.480 e. The summed E-state index contributed by atoms with van der Waals surface area (Å²) in [6.45, 7) is 7.71. The molecule has 18 heavy (non-hydrogen) atoms. The summed E-state index contributed by atoms with van der Waals surface area (Å²) in [6, 6.07) is -0.292. The van der Waals surface area contributed by atoms with E-state index in [-0.39, 0.29) is 12.0 Å². The Bertz CT molecular complexity index is 262. The fourth-order valence-electron chi connectivity index (χ4n) is 1.79. The molecule has 0 aromatic heterocycles. The molecular formula is C14H27NO3. The van der Waals surface area contributed by atoms with Gasteiger partial charge in [-0.15, -0.1) is 0 Å². The van der Waals surface area contributed by atoms with Crippen LogP contribution in [0.25, 0.3) is 0 Å². The Morgan fingerprint density at radius 1 is 1.06 bits per heavy atom. The first-order valence-corrected chi connectivity index (χ1v) is 6.86. The molecule has 0 radical (unpaired) electrons. The molecule has 0 aromatic carbocycles. The molecule has 0 saturated heterocycles. The highest BCUT2D eigenvalue weighted by Gasteiger charge is 2.17. The number of hydrogen-bond acceptors (Lipinski definition) is 3. The van der Waals surface area contributed by atoms with Gasteiger partial charge < -0.3 is 10.4 Å². The summed E-state index contributed by atoms with van der Waals surface area (Å²) in [5, 5.41) is 12.1. The Kier molecular flexibility index (Phi) is 8.63. The molecule has 4 nitrogen and oxygen atoms in total. The highest BCUT2D eigenvalue weighted by Crippen LogP contribution is 2.09. The molecule has 0 amide bonds. The van der Waals surface area contributed by atoms with Crippen LogP contribution in [-0.2, 0) is 9.59 Å². The van der Waals surface area contributed by atoms with Crippen LogP contribution in [-0.4, -0.2) is 28.9 Å². The third-order valence-corrected chi connectivity index (χ3v) is 2.89. The van der Waals surface area contributed by atoms with Crippen molar-refractivity contribution in [3.8, 4) is 0 Å². The van der Waals surface area contributed by atoms with Crippen LogP contribution in [0, 0.1) is 5.92 Å². The van der Waals surface area contributed by atoms with Gasteiger partial charge in [0.15, 0.2) is 0 Å². The van der Waals surface area contributed by atoms with Gasteiger partial charge in [0.25, 0.3) is 0 Å². The van der Waals surface area contributed by atoms with Crippen LogP contribution in [0.3, 0.4) is 0 Å². The van der Waals surface area contributed by atoms with Crippen LogP contribution < -0.4 is 5.32 Å². The summed E-state index contributed by atoms with van der Waals surface area (Å²) in [4.78, 5) is 22.4. The van der Waals surface area contributed by atoms with E-state index in [1.165, 1.54) is 0 Å². The van der Waals surface area contributed by atoms with Gasteiger partial charge in [0.05, 0.1) is 0 Å². The fourth-order valence-corrected chi connectivity index (χ4v) is 1.79. The van der Waals surface area contributed by atoms with E-state index >= 15 is 0 Å². The van der Waals surface area contributed by atoms with Gasteiger partial charge in [-0.05, 0) is 12.8 Å². The molecule has 0 aliphatic carbocycles. The molecule has 0 saturated carbocycles. The van der Waals surface area contributed by atoms with Crippen molar-refractivity contribution in [3.05, 3.63) is 0 Å². The lowest BCUT2D eigenvalue weighted by Crippen LogP contribution is -2.40.